The Morgan fingerprint density at radius 2 is 1.74 bits per heavy atom. The van der Waals surface area contributed by atoms with Crippen molar-refractivity contribution in [1.29, 1.82) is 0 Å². The van der Waals surface area contributed by atoms with Gasteiger partial charge >= 0.3 is 5.97 Å². The minimum absolute atomic E-state index is 0.0476. The third-order valence-corrected chi connectivity index (χ3v) is 5.08. The first kappa shape index (κ1) is 22.6. The molecule has 0 radical (unpaired) electrons. The fraction of sp³-hybridized carbons (Fsp3) is 0.360. The third-order valence-electron chi connectivity index (χ3n) is 5.08. The Morgan fingerprint density at radius 1 is 1.03 bits per heavy atom. The number of furan rings is 1. The molecule has 1 N–H and O–H groups in total. The Balaban J connectivity index is 1.60. The van der Waals surface area contributed by atoms with Gasteiger partial charge in [-0.1, -0.05) is 48.5 Å². The first-order valence-corrected chi connectivity index (χ1v) is 10.6. The van der Waals surface area contributed by atoms with Crippen molar-refractivity contribution in [3.8, 4) is 0 Å². The van der Waals surface area contributed by atoms with Gasteiger partial charge in [-0.2, -0.15) is 0 Å². The number of nitrogens with one attached hydrogen (secondary N) is 1. The number of esters is 1. The molecule has 2 aromatic carbocycles. The molecule has 0 bridgehead atoms. The fourth-order valence-corrected chi connectivity index (χ4v) is 3.34. The van der Waals surface area contributed by atoms with Crippen LogP contribution >= 0.6 is 0 Å². The van der Waals surface area contributed by atoms with Crippen LogP contribution in [0.5, 0.6) is 0 Å². The van der Waals surface area contributed by atoms with E-state index in [9.17, 15) is 9.59 Å². The summed E-state index contributed by atoms with van der Waals surface area (Å²) in [6.45, 7) is 6.12. The molecular weight excluding hydrogens is 394 g/mol. The van der Waals surface area contributed by atoms with Crippen molar-refractivity contribution in [3.05, 3.63) is 71.5 Å². The van der Waals surface area contributed by atoms with Crippen LogP contribution in [0.15, 0.2) is 59.0 Å². The highest BCUT2D eigenvalue weighted by Gasteiger charge is 2.26. The number of hydrogen-bond donors (Lipinski definition) is 1. The van der Waals surface area contributed by atoms with Crippen molar-refractivity contribution in [1.82, 2.24) is 5.32 Å². The van der Waals surface area contributed by atoms with Crippen molar-refractivity contribution in [3.63, 3.8) is 0 Å². The van der Waals surface area contributed by atoms with Crippen LogP contribution in [0.4, 0.5) is 0 Å². The van der Waals surface area contributed by atoms with E-state index in [4.69, 9.17) is 13.9 Å². The zero-order chi connectivity index (χ0) is 22.2. The van der Waals surface area contributed by atoms with Gasteiger partial charge in [-0.15, -0.1) is 0 Å². The number of carbonyl (C=O) groups is 2. The first-order valence-electron chi connectivity index (χ1n) is 10.6. The van der Waals surface area contributed by atoms with Gasteiger partial charge in [0.2, 0.25) is 5.76 Å². The Hall–Kier alpha value is -3.12. The van der Waals surface area contributed by atoms with E-state index < -0.39 is 12.1 Å². The average Bonchev–Trinajstić information content (AvgIpc) is 3.15. The standard InChI is InChI=1S/C25H29NO5/c1-4-29-16-21-20-12-8-9-13-22(20)31-23(21)25(28)30-18(3)24(27)26-17(2)14-15-19-10-6-5-7-11-19/h5-13,17-18H,4,14-16H2,1-3H3,(H,26,27)/t17-,18-/m1/s1. The van der Waals surface area contributed by atoms with Crippen LogP contribution in [0.1, 0.15) is 48.9 Å². The van der Waals surface area contributed by atoms with E-state index in [0.29, 0.717) is 17.8 Å². The van der Waals surface area contributed by atoms with Crippen molar-refractivity contribution in [2.75, 3.05) is 6.61 Å². The molecule has 0 saturated carbocycles. The summed E-state index contributed by atoms with van der Waals surface area (Å²) in [7, 11) is 0. The summed E-state index contributed by atoms with van der Waals surface area (Å²) < 4.78 is 16.6. The highest BCUT2D eigenvalue weighted by Crippen LogP contribution is 2.27. The molecule has 1 aromatic heterocycles. The summed E-state index contributed by atoms with van der Waals surface area (Å²) in [4.78, 5) is 25.3. The van der Waals surface area contributed by atoms with Gasteiger partial charge in [0.1, 0.15) is 5.58 Å². The van der Waals surface area contributed by atoms with Crippen molar-refractivity contribution in [2.24, 2.45) is 0 Å². The number of benzene rings is 2. The SMILES string of the molecule is CCOCc1c(C(=O)O[C@H](C)C(=O)N[C@H](C)CCc2ccccc2)oc2ccccc12. The molecule has 0 spiro atoms. The zero-order valence-electron chi connectivity index (χ0n) is 18.2. The van der Waals surface area contributed by atoms with Gasteiger partial charge in [0.25, 0.3) is 5.91 Å². The van der Waals surface area contributed by atoms with Crippen molar-refractivity contribution < 1.29 is 23.5 Å². The van der Waals surface area contributed by atoms with Gasteiger partial charge in [0, 0.05) is 23.6 Å². The largest absolute Gasteiger partial charge is 0.449 e. The van der Waals surface area contributed by atoms with Crippen LogP contribution in [-0.4, -0.2) is 30.6 Å². The van der Waals surface area contributed by atoms with Gasteiger partial charge in [-0.3, -0.25) is 4.79 Å². The van der Waals surface area contributed by atoms with Crippen LogP contribution in [0.25, 0.3) is 11.0 Å². The number of aryl methyl sites for hydroxylation is 1. The maximum absolute atomic E-state index is 12.8. The van der Waals surface area contributed by atoms with E-state index in [2.05, 4.69) is 17.4 Å². The molecule has 3 rings (SSSR count). The number of hydrogen-bond acceptors (Lipinski definition) is 5. The molecule has 1 amide bonds. The third kappa shape index (κ3) is 5.95. The summed E-state index contributed by atoms with van der Waals surface area (Å²) >= 11 is 0. The van der Waals surface area contributed by atoms with Gasteiger partial charge in [-0.25, -0.2) is 4.79 Å². The lowest BCUT2D eigenvalue weighted by Crippen LogP contribution is -2.41. The average molecular weight is 424 g/mol. The molecule has 0 saturated heterocycles. The second-order valence-corrected chi connectivity index (χ2v) is 7.52. The lowest BCUT2D eigenvalue weighted by atomic mass is 10.1. The van der Waals surface area contributed by atoms with Gasteiger partial charge in [0.05, 0.1) is 6.61 Å². The lowest BCUT2D eigenvalue weighted by Gasteiger charge is -2.18. The topological polar surface area (TPSA) is 77.8 Å². The Bertz CT molecular complexity index is 1010. The smallest absolute Gasteiger partial charge is 0.375 e. The molecule has 0 aliphatic rings. The molecule has 0 fully saturated rings. The Morgan fingerprint density at radius 3 is 2.48 bits per heavy atom. The van der Waals surface area contributed by atoms with Crippen LogP contribution in [0, 0.1) is 0 Å². The Labute approximate surface area is 182 Å². The monoisotopic (exact) mass is 423 g/mol. The first-order chi connectivity index (χ1) is 15.0. The normalized spacial score (nSPS) is 13.0. The Kier molecular flexibility index (Phi) is 7.84. The summed E-state index contributed by atoms with van der Waals surface area (Å²) in [6.07, 6.45) is 0.703. The summed E-state index contributed by atoms with van der Waals surface area (Å²) in [5, 5.41) is 3.71. The highest BCUT2D eigenvalue weighted by molar-refractivity contribution is 5.97. The van der Waals surface area contributed by atoms with Crippen molar-refractivity contribution in [2.45, 2.75) is 52.4 Å². The van der Waals surface area contributed by atoms with Crippen molar-refractivity contribution >= 4 is 22.8 Å². The zero-order valence-corrected chi connectivity index (χ0v) is 18.2. The molecule has 3 aromatic rings. The van der Waals surface area contributed by atoms with E-state index in [0.717, 1.165) is 18.2 Å². The lowest BCUT2D eigenvalue weighted by molar-refractivity contribution is -0.129. The molecule has 1 heterocycles. The molecular formula is C25H29NO5. The second-order valence-electron chi connectivity index (χ2n) is 7.52. The van der Waals surface area contributed by atoms with Crippen LogP contribution in [0.3, 0.4) is 0 Å². The minimum atomic E-state index is -0.945. The van der Waals surface area contributed by atoms with E-state index in [-0.39, 0.29) is 24.3 Å². The molecule has 31 heavy (non-hydrogen) atoms. The number of carbonyl (C=O) groups excluding carboxylic acids is 2. The predicted octanol–water partition coefficient (Wildman–Crippen LogP) is 4.65. The number of rotatable bonds is 10. The summed E-state index contributed by atoms with van der Waals surface area (Å²) in [5.74, 6) is -0.937. The molecule has 6 heteroatoms. The van der Waals surface area contributed by atoms with E-state index in [1.165, 1.54) is 5.56 Å². The number of para-hydroxylation sites is 1. The second kappa shape index (κ2) is 10.8. The minimum Gasteiger partial charge on any atom is -0.449 e. The highest BCUT2D eigenvalue weighted by atomic mass is 16.6. The van der Waals surface area contributed by atoms with Gasteiger partial charge in [0.15, 0.2) is 6.10 Å². The number of fused-ring (bicyclic) bond motifs is 1. The molecule has 0 aliphatic carbocycles. The maximum Gasteiger partial charge on any atom is 0.375 e. The number of amides is 1. The van der Waals surface area contributed by atoms with E-state index in [1.807, 2.05) is 50.2 Å². The number of ether oxygens (including phenoxy) is 2. The summed E-state index contributed by atoms with van der Waals surface area (Å²) in [5.41, 5.74) is 2.43. The van der Waals surface area contributed by atoms with Gasteiger partial charge < -0.3 is 19.2 Å². The van der Waals surface area contributed by atoms with E-state index in [1.54, 1.807) is 13.0 Å². The molecule has 0 aliphatic heterocycles. The maximum atomic E-state index is 12.8. The van der Waals surface area contributed by atoms with Crippen LogP contribution in [-0.2, 0) is 27.3 Å². The summed E-state index contributed by atoms with van der Waals surface area (Å²) in [6, 6.07) is 17.4. The van der Waals surface area contributed by atoms with Crippen LogP contribution in [0.2, 0.25) is 0 Å². The molecule has 6 nitrogen and oxygen atoms in total. The molecule has 164 valence electrons. The van der Waals surface area contributed by atoms with Crippen LogP contribution < -0.4 is 5.32 Å². The fourth-order valence-electron chi connectivity index (χ4n) is 3.34. The quantitative estimate of drug-likeness (QED) is 0.480. The van der Waals surface area contributed by atoms with E-state index >= 15 is 0 Å². The molecule has 0 unspecified atom stereocenters. The van der Waals surface area contributed by atoms with Gasteiger partial charge in [-0.05, 0) is 45.2 Å². The predicted molar refractivity (Wildman–Crippen MR) is 119 cm³/mol. The molecule has 2 atom stereocenters.